The molecule has 2 heterocycles. The highest BCUT2D eigenvalue weighted by molar-refractivity contribution is 7.92. The number of anilines is 1. The maximum Gasteiger partial charge on any atom is 0.236 e. The number of thiazole rings is 1. The standard InChI is InChI=1S/C10H17N3O2S2/c1-8-6-12-10(16-8)13-17(14,15)7-9-4-2-3-5-11-9/h6,9,11H,2-5,7H2,1H3,(H,12,13). The van der Waals surface area contributed by atoms with Gasteiger partial charge in [0.15, 0.2) is 5.13 Å². The zero-order valence-corrected chi connectivity index (χ0v) is 11.4. The molecule has 0 amide bonds. The molecular weight excluding hydrogens is 258 g/mol. The first-order chi connectivity index (χ1) is 8.05. The summed E-state index contributed by atoms with van der Waals surface area (Å²) < 4.78 is 26.3. The van der Waals surface area contributed by atoms with Crippen molar-refractivity contribution in [2.24, 2.45) is 0 Å². The van der Waals surface area contributed by atoms with E-state index in [4.69, 9.17) is 0 Å². The topological polar surface area (TPSA) is 71.1 Å². The molecule has 0 saturated carbocycles. The Morgan fingerprint density at radius 1 is 1.59 bits per heavy atom. The van der Waals surface area contributed by atoms with Crippen molar-refractivity contribution < 1.29 is 8.42 Å². The molecule has 1 aliphatic rings. The first-order valence-electron chi connectivity index (χ1n) is 5.71. The van der Waals surface area contributed by atoms with E-state index < -0.39 is 10.0 Å². The minimum atomic E-state index is -3.29. The van der Waals surface area contributed by atoms with E-state index in [1.54, 1.807) is 6.20 Å². The van der Waals surface area contributed by atoms with Gasteiger partial charge in [0.2, 0.25) is 10.0 Å². The van der Waals surface area contributed by atoms with E-state index in [1.165, 1.54) is 11.3 Å². The minimum Gasteiger partial charge on any atom is -0.313 e. The first kappa shape index (κ1) is 12.8. The highest BCUT2D eigenvalue weighted by atomic mass is 32.2. The summed E-state index contributed by atoms with van der Waals surface area (Å²) in [6.45, 7) is 2.81. The third-order valence-electron chi connectivity index (χ3n) is 2.70. The van der Waals surface area contributed by atoms with E-state index in [1.807, 2.05) is 6.92 Å². The van der Waals surface area contributed by atoms with Crippen LogP contribution >= 0.6 is 11.3 Å². The SMILES string of the molecule is Cc1cnc(NS(=O)(=O)CC2CCCCN2)s1. The largest absolute Gasteiger partial charge is 0.313 e. The maximum atomic E-state index is 11.9. The second-order valence-electron chi connectivity index (χ2n) is 4.31. The van der Waals surface area contributed by atoms with E-state index in [-0.39, 0.29) is 11.8 Å². The van der Waals surface area contributed by atoms with Crippen molar-refractivity contribution in [3.8, 4) is 0 Å². The molecule has 1 aromatic heterocycles. The molecule has 0 bridgehead atoms. The molecule has 1 saturated heterocycles. The van der Waals surface area contributed by atoms with Crippen LogP contribution in [-0.4, -0.2) is 31.7 Å². The van der Waals surface area contributed by atoms with Crippen LogP contribution in [0.3, 0.4) is 0 Å². The lowest BCUT2D eigenvalue weighted by molar-refractivity contribution is 0.424. The molecule has 1 fully saturated rings. The summed E-state index contributed by atoms with van der Waals surface area (Å²) in [7, 11) is -3.29. The summed E-state index contributed by atoms with van der Waals surface area (Å²) >= 11 is 1.35. The second-order valence-corrected chi connectivity index (χ2v) is 7.31. The molecule has 2 N–H and O–H groups in total. The van der Waals surface area contributed by atoms with Crippen LogP contribution in [0.15, 0.2) is 6.20 Å². The third-order valence-corrected chi connectivity index (χ3v) is 5.00. The highest BCUT2D eigenvalue weighted by Crippen LogP contribution is 2.18. The molecule has 96 valence electrons. The summed E-state index contributed by atoms with van der Waals surface area (Å²) in [6, 6.07) is 0.0716. The lowest BCUT2D eigenvalue weighted by atomic mass is 10.1. The van der Waals surface area contributed by atoms with Crippen molar-refractivity contribution in [1.29, 1.82) is 0 Å². The van der Waals surface area contributed by atoms with Crippen LogP contribution in [0.2, 0.25) is 0 Å². The number of nitrogens with zero attached hydrogens (tertiary/aromatic N) is 1. The zero-order valence-electron chi connectivity index (χ0n) is 9.77. The van der Waals surface area contributed by atoms with Crippen LogP contribution in [-0.2, 0) is 10.0 Å². The number of rotatable bonds is 4. The van der Waals surface area contributed by atoms with Gasteiger partial charge < -0.3 is 5.32 Å². The van der Waals surface area contributed by atoms with Gasteiger partial charge in [-0.2, -0.15) is 0 Å². The molecule has 0 radical (unpaired) electrons. The Hall–Kier alpha value is -0.660. The monoisotopic (exact) mass is 275 g/mol. The molecule has 1 atom stereocenters. The second kappa shape index (κ2) is 5.32. The molecule has 0 aromatic carbocycles. The Bertz CT molecular complexity index is 464. The normalized spacial score (nSPS) is 21.4. The Morgan fingerprint density at radius 2 is 2.41 bits per heavy atom. The van der Waals surface area contributed by atoms with Crippen LogP contribution in [0, 0.1) is 6.92 Å². The van der Waals surface area contributed by atoms with Gasteiger partial charge in [-0.3, -0.25) is 4.72 Å². The fourth-order valence-corrected chi connectivity index (χ4v) is 4.19. The molecule has 1 unspecified atom stereocenters. The van der Waals surface area contributed by atoms with Gasteiger partial charge in [-0.15, -0.1) is 11.3 Å². The molecule has 0 aliphatic carbocycles. The van der Waals surface area contributed by atoms with Gasteiger partial charge in [0, 0.05) is 17.1 Å². The van der Waals surface area contributed by atoms with Gasteiger partial charge in [-0.25, -0.2) is 13.4 Å². The van der Waals surface area contributed by atoms with Gasteiger partial charge in [0.1, 0.15) is 0 Å². The molecule has 1 aliphatic heterocycles. The fraction of sp³-hybridized carbons (Fsp3) is 0.700. The quantitative estimate of drug-likeness (QED) is 0.870. The fourth-order valence-electron chi connectivity index (χ4n) is 1.91. The number of nitrogens with one attached hydrogen (secondary N) is 2. The van der Waals surface area contributed by atoms with Crippen LogP contribution in [0.25, 0.3) is 0 Å². The molecule has 5 nitrogen and oxygen atoms in total. The predicted molar refractivity (Wildman–Crippen MR) is 69.9 cm³/mol. The van der Waals surface area contributed by atoms with Crippen molar-refractivity contribution in [3.63, 3.8) is 0 Å². The van der Waals surface area contributed by atoms with E-state index in [2.05, 4.69) is 15.0 Å². The number of hydrogen-bond acceptors (Lipinski definition) is 5. The lowest BCUT2D eigenvalue weighted by Crippen LogP contribution is -2.40. The summed E-state index contributed by atoms with van der Waals surface area (Å²) in [5.41, 5.74) is 0. The van der Waals surface area contributed by atoms with Crippen LogP contribution < -0.4 is 10.0 Å². The molecule has 0 spiro atoms. The Kier molecular flexibility index (Phi) is 4.01. The summed E-state index contributed by atoms with van der Waals surface area (Å²) in [6.07, 6.45) is 4.83. The van der Waals surface area contributed by atoms with Gasteiger partial charge in [-0.05, 0) is 26.3 Å². The highest BCUT2D eigenvalue weighted by Gasteiger charge is 2.21. The van der Waals surface area contributed by atoms with Gasteiger partial charge in [0.25, 0.3) is 0 Å². The van der Waals surface area contributed by atoms with Crippen LogP contribution in [0.5, 0.6) is 0 Å². The zero-order chi connectivity index (χ0) is 12.3. The molecule has 17 heavy (non-hydrogen) atoms. The molecule has 7 heteroatoms. The summed E-state index contributed by atoms with van der Waals surface area (Å²) in [4.78, 5) is 5.00. The van der Waals surface area contributed by atoms with Crippen molar-refractivity contribution in [2.75, 3.05) is 17.0 Å². The number of aryl methyl sites for hydroxylation is 1. The number of aromatic nitrogens is 1. The number of hydrogen-bond donors (Lipinski definition) is 2. The molecule has 1 aromatic rings. The Balaban J connectivity index is 1.94. The average Bonchev–Trinajstić information content (AvgIpc) is 2.63. The first-order valence-corrected chi connectivity index (χ1v) is 8.18. The van der Waals surface area contributed by atoms with Gasteiger partial charge >= 0.3 is 0 Å². The number of sulfonamides is 1. The Morgan fingerprint density at radius 3 is 3.00 bits per heavy atom. The smallest absolute Gasteiger partial charge is 0.236 e. The van der Waals surface area contributed by atoms with E-state index in [0.29, 0.717) is 5.13 Å². The predicted octanol–water partition coefficient (Wildman–Crippen LogP) is 1.34. The average molecular weight is 275 g/mol. The number of piperidine rings is 1. The van der Waals surface area contributed by atoms with Crippen molar-refractivity contribution in [1.82, 2.24) is 10.3 Å². The van der Waals surface area contributed by atoms with Crippen molar-refractivity contribution >= 4 is 26.5 Å². The molecule has 2 rings (SSSR count). The van der Waals surface area contributed by atoms with Gasteiger partial charge in [0.05, 0.1) is 5.75 Å². The van der Waals surface area contributed by atoms with Crippen molar-refractivity contribution in [2.45, 2.75) is 32.2 Å². The Labute approximate surface area is 106 Å². The lowest BCUT2D eigenvalue weighted by Gasteiger charge is -2.23. The third kappa shape index (κ3) is 3.93. The van der Waals surface area contributed by atoms with E-state index in [9.17, 15) is 8.42 Å². The van der Waals surface area contributed by atoms with Gasteiger partial charge in [-0.1, -0.05) is 6.42 Å². The van der Waals surface area contributed by atoms with Crippen LogP contribution in [0.1, 0.15) is 24.1 Å². The summed E-state index contributed by atoms with van der Waals surface area (Å²) in [5.74, 6) is 0.131. The van der Waals surface area contributed by atoms with E-state index >= 15 is 0 Å². The van der Waals surface area contributed by atoms with Crippen LogP contribution in [0.4, 0.5) is 5.13 Å². The minimum absolute atomic E-state index is 0.0716. The summed E-state index contributed by atoms with van der Waals surface area (Å²) in [5, 5.41) is 3.69. The molecular formula is C10H17N3O2S2. The van der Waals surface area contributed by atoms with Crippen molar-refractivity contribution in [3.05, 3.63) is 11.1 Å². The maximum absolute atomic E-state index is 11.9. The van der Waals surface area contributed by atoms with E-state index in [0.717, 1.165) is 30.7 Å².